The second-order valence-corrected chi connectivity index (χ2v) is 8.60. The number of nitrogens with zero attached hydrogens (tertiary/aromatic N) is 2. The van der Waals surface area contributed by atoms with Gasteiger partial charge in [-0.2, -0.15) is 0 Å². The maximum absolute atomic E-state index is 12.4. The number of carbonyl (C=O) groups is 1. The number of ether oxygens (including phenoxy) is 2. The Morgan fingerprint density at radius 2 is 2.00 bits per heavy atom. The molecule has 1 aliphatic rings. The Morgan fingerprint density at radius 3 is 2.71 bits per heavy atom. The molecule has 0 N–H and O–H groups in total. The predicted octanol–water partition coefficient (Wildman–Crippen LogP) is 4.07. The van der Waals surface area contributed by atoms with Crippen molar-refractivity contribution in [2.75, 3.05) is 32.2 Å². The first-order valence-corrected chi connectivity index (χ1v) is 11.0. The Bertz CT molecular complexity index is 828. The molecule has 0 radical (unpaired) electrons. The molecule has 0 unspecified atom stereocenters. The highest BCUT2D eigenvalue weighted by molar-refractivity contribution is 8.39. The van der Waals surface area contributed by atoms with E-state index in [4.69, 9.17) is 9.47 Å². The lowest BCUT2D eigenvalue weighted by Crippen LogP contribution is -2.28. The number of hydrogen-bond acceptors (Lipinski definition) is 6. The molecule has 28 heavy (non-hydrogen) atoms. The molecule has 148 valence electrons. The van der Waals surface area contributed by atoms with Gasteiger partial charge in [-0.15, -0.1) is 0 Å². The second-order valence-electron chi connectivity index (χ2n) is 6.29. The zero-order valence-electron chi connectivity index (χ0n) is 16.1. The highest BCUT2D eigenvalue weighted by Gasteiger charge is 2.15. The van der Waals surface area contributed by atoms with Crippen molar-refractivity contribution in [1.82, 2.24) is 4.90 Å². The first-order valence-electron chi connectivity index (χ1n) is 9.03. The van der Waals surface area contributed by atoms with Gasteiger partial charge < -0.3 is 14.4 Å². The van der Waals surface area contributed by atoms with Gasteiger partial charge in [0.15, 0.2) is 11.5 Å². The minimum Gasteiger partial charge on any atom is -0.493 e. The molecule has 0 bridgehead atoms. The van der Waals surface area contributed by atoms with E-state index in [1.807, 2.05) is 55.6 Å². The standard InChI is InChI=1S/C21H24N2O3S2/c1-23(20(24)15-28-21-22-10-11-27-21)13-17-8-9-18(19(12-17)25-2)26-14-16-6-4-3-5-7-16/h3-9,12H,10-11,13-15H2,1-2H3. The molecule has 5 nitrogen and oxygen atoms in total. The number of rotatable bonds is 8. The number of thioether (sulfide) groups is 2. The molecule has 3 rings (SSSR count). The number of carbonyl (C=O) groups excluding carboxylic acids is 1. The van der Waals surface area contributed by atoms with Crippen LogP contribution in [0.5, 0.6) is 11.5 Å². The van der Waals surface area contributed by atoms with Crippen LogP contribution in [0.4, 0.5) is 0 Å². The number of amides is 1. The van der Waals surface area contributed by atoms with Crippen molar-refractivity contribution in [2.24, 2.45) is 4.99 Å². The molecule has 0 saturated carbocycles. The highest BCUT2D eigenvalue weighted by Crippen LogP contribution is 2.29. The molecule has 0 saturated heterocycles. The van der Waals surface area contributed by atoms with Gasteiger partial charge in [-0.05, 0) is 23.3 Å². The van der Waals surface area contributed by atoms with E-state index < -0.39 is 0 Å². The van der Waals surface area contributed by atoms with Crippen molar-refractivity contribution in [3.8, 4) is 11.5 Å². The summed E-state index contributed by atoms with van der Waals surface area (Å²) >= 11 is 3.24. The summed E-state index contributed by atoms with van der Waals surface area (Å²) in [5.41, 5.74) is 2.10. The van der Waals surface area contributed by atoms with Gasteiger partial charge in [0.1, 0.15) is 11.0 Å². The summed E-state index contributed by atoms with van der Waals surface area (Å²) in [4.78, 5) is 18.5. The lowest BCUT2D eigenvalue weighted by atomic mass is 10.2. The van der Waals surface area contributed by atoms with Gasteiger partial charge in [0, 0.05) is 19.3 Å². The molecule has 2 aromatic rings. The van der Waals surface area contributed by atoms with Gasteiger partial charge >= 0.3 is 0 Å². The number of methoxy groups -OCH3 is 1. The van der Waals surface area contributed by atoms with Crippen LogP contribution in [0.1, 0.15) is 11.1 Å². The zero-order valence-corrected chi connectivity index (χ0v) is 17.7. The Hall–Kier alpha value is -2.12. The SMILES string of the molecule is COc1cc(CN(C)C(=O)CSC2=NCCS2)ccc1OCc1ccccc1. The fraction of sp³-hybridized carbons (Fsp3) is 0.333. The molecule has 0 spiro atoms. The molecular formula is C21H24N2O3S2. The topological polar surface area (TPSA) is 51.1 Å². The minimum atomic E-state index is 0.0866. The number of benzene rings is 2. The van der Waals surface area contributed by atoms with Gasteiger partial charge in [0.25, 0.3) is 0 Å². The van der Waals surface area contributed by atoms with E-state index in [0.29, 0.717) is 30.4 Å². The quantitative estimate of drug-likeness (QED) is 0.649. The largest absolute Gasteiger partial charge is 0.493 e. The summed E-state index contributed by atoms with van der Waals surface area (Å²) in [5.74, 6) is 2.88. The number of hydrogen-bond donors (Lipinski definition) is 0. The molecular weight excluding hydrogens is 392 g/mol. The van der Waals surface area contributed by atoms with E-state index in [9.17, 15) is 4.79 Å². The molecule has 0 fully saturated rings. The fourth-order valence-electron chi connectivity index (χ4n) is 2.66. The minimum absolute atomic E-state index is 0.0866. The van der Waals surface area contributed by atoms with Crippen molar-refractivity contribution in [1.29, 1.82) is 0 Å². The first-order chi connectivity index (χ1) is 13.7. The fourth-order valence-corrected chi connectivity index (χ4v) is 4.61. The molecule has 2 aromatic carbocycles. The Kier molecular flexibility index (Phi) is 7.68. The van der Waals surface area contributed by atoms with Crippen molar-refractivity contribution < 1.29 is 14.3 Å². The van der Waals surface area contributed by atoms with E-state index in [1.165, 1.54) is 11.8 Å². The van der Waals surface area contributed by atoms with Crippen LogP contribution in [-0.4, -0.2) is 47.4 Å². The first kappa shape index (κ1) is 20.6. The van der Waals surface area contributed by atoms with E-state index in [1.54, 1.807) is 23.8 Å². The normalized spacial score (nSPS) is 13.1. The summed E-state index contributed by atoms with van der Waals surface area (Å²) < 4.78 is 12.4. The molecule has 1 heterocycles. The van der Waals surface area contributed by atoms with Crippen LogP contribution < -0.4 is 9.47 Å². The lowest BCUT2D eigenvalue weighted by Gasteiger charge is -2.18. The van der Waals surface area contributed by atoms with E-state index in [2.05, 4.69) is 4.99 Å². The van der Waals surface area contributed by atoms with Crippen molar-refractivity contribution in [3.63, 3.8) is 0 Å². The average Bonchev–Trinajstić information content (AvgIpc) is 3.25. The molecule has 1 aliphatic heterocycles. The van der Waals surface area contributed by atoms with Gasteiger partial charge in [0.2, 0.25) is 5.91 Å². The molecule has 0 aliphatic carbocycles. The van der Waals surface area contributed by atoms with Gasteiger partial charge in [-0.1, -0.05) is 59.9 Å². The number of aliphatic imine (C=N–C) groups is 1. The van der Waals surface area contributed by atoms with Crippen LogP contribution in [0.25, 0.3) is 0 Å². The summed E-state index contributed by atoms with van der Waals surface area (Å²) in [6.07, 6.45) is 0. The van der Waals surface area contributed by atoms with Crippen LogP contribution in [0.3, 0.4) is 0 Å². The molecule has 7 heteroatoms. The van der Waals surface area contributed by atoms with Crippen molar-refractivity contribution in [2.45, 2.75) is 13.2 Å². The highest BCUT2D eigenvalue weighted by atomic mass is 32.2. The molecule has 0 atom stereocenters. The van der Waals surface area contributed by atoms with Gasteiger partial charge in [0.05, 0.1) is 19.4 Å². The second kappa shape index (κ2) is 10.4. The predicted molar refractivity (Wildman–Crippen MR) is 117 cm³/mol. The molecule has 0 aromatic heterocycles. The summed E-state index contributed by atoms with van der Waals surface area (Å²) in [5, 5.41) is 0. The van der Waals surface area contributed by atoms with Crippen LogP contribution in [0.2, 0.25) is 0 Å². The Balaban J connectivity index is 1.55. The summed E-state index contributed by atoms with van der Waals surface area (Å²) in [6.45, 7) is 1.86. The zero-order chi connectivity index (χ0) is 19.8. The van der Waals surface area contributed by atoms with Crippen molar-refractivity contribution >= 4 is 33.8 Å². The average molecular weight is 417 g/mol. The van der Waals surface area contributed by atoms with Crippen LogP contribution in [0.15, 0.2) is 53.5 Å². The Labute approximate surface area is 174 Å². The third kappa shape index (κ3) is 5.94. The smallest absolute Gasteiger partial charge is 0.233 e. The molecule has 1 amide bonds. The van der Waals surface area contributed by atoms with Crippen LogP contribution in [0, 0.1) is 0 Å². The van der Waals surface area contributed by atoms with Crippen LogP contribution in [-0.2, 0) is 17.9 Å². The van der Waals surface area contributed by atoms with E-state index in [-0.39, 0.29) is 5.91 Å². The third-order valence-corrected chi connectivity index (χ3v) is 6.42. The van der Waals surface area contributed by atoms with E-state index >= 15 is 0 Å². The maximum Gasteiger partial charge on any atom is 0.233 e. The lowest BCUT2D eigenvalue weighted by molar-refractivity contribution is -0.127. The van der Waals surface area contributed by atoms with Crippen LogP contribution >= 0.6 is 23.5 Å². The Morgan fingerprint density at radius 1 is 1.18 bits per heavy atom. The maximum atomic E-state index is 12.4. The summed E-state index contributed by atoms with van der Waals surface area (Å²) in [6, 6.07) is 15.8. The summed E-state index contributed by atoms with van der Waals surface area (Å²) in [7, 11) is 3.44. The van der Waals surface area contributed by atoms with Gasteiger partial charge in [-0.3, -0.25) is 9.79 Å². The van der Waals surface area contributed by atoms with Crippen molar-refractivity contribution in [3.05, 3.63) is 59.7 Å². The third-order valence-electron chi connectivity index (χ3n) is 4.19. The van der Waals surface area contributed by atoms with Gasteiger partial charge in [-0.25, -0.2) is 0 Å². The van der Waals surface area contributed by atoms with E-state index in [0.717, 1.165) is 27.8 Å². The monoisotopic (exact) mass is 416 g/mol.